The lowest BCUT2D eigenvalue weighted by Crippen LogP contribution is -2.48. The molecule has 2 unspecified atom stereocenters. The SMILES string of the molecule is CC(NC(=O)C1CCCN(C(=O)CCOc2ccccc2)C1)C(=O)O. The van der Waals surface area contributed by atoms with Gasteiger partial charge in [-0.1, -0.05) is 18.2 Å². The second-order valence-corrected chi connectivity index (χ2v) is 6.16. The van der Waals surface area contributed by atoms with Crippen LogP contribution in [0.15, 0.2) is 30.3 Å². The van der Waals surface area contributed by atoms with Crippen LogP contribution in [0.5, 0.6) is 5.75 Å². The first-order valence-electron chi connectivity index (χ1n) is 8.46. The van der Waals surface area contributed by atoms with Gasteiger partial charge in [0.1, 0.15) is 11.8 Å². The second kappa shape index (κ2) is 9.05. The molecule has 2 atom stereocenters. The highest BCUT2D eigenvalue weighted by molar-refractivity contribution is 5.85. The molecular formula is C18H24N2O5. The molecule has 0 radical (unpaired) electrons. The Morgan fingerprint density at radius 3 is 2.72 bits per heavy atom. The van der Waals surface area contributed by atoms with Gasteiger partial charge in [-0.2, -0.15) is 0 Å². The summed E-state index contributed by atoms with van der Waals surface area (Å²) in [7, 11) is 0. The minimum absolute atomic E-state index is 0.0558. The van der Waals surface area contributed by atoms with Crippen LogP contribution in [0, 0.1) is 5.92 Å². The van der Waals surface area contributed by atoms with Crippen molar-refractivity contribution in [2.24, 2.45) is 5.92 Å². The van der Waals surface area contributed by atoms with E-state index in [1.165, 1.54) is 6.92 Å². The molecule has 1 aromatic rings. The number of carboxylic acid groups (broad SMARTS) is 1. The van der Waals surface area contributed by atoms with Gasteiger partial charge >= 0.3 is 5.97 Å². The van der Waals surface area contributed by atoms with Gasteiger partial charge in [0, 0.05) is 13.1 Å². The Bertz CT molecular complexity index is 605. The number of carbonyl (C=O) groups excluding carboxylic acids is 2. The number of para-hydroxylation sites is 1. The third-order valence-corrected chi connectivity index (χ3v) is 4.20. The molecule has 1 heterocycles. The van der Waals surface area contributed by atoms with Crippen LogP contribution >= 0.6 is 0 Å². The minimum atomic E-state index is -1.07. The van der Waals surface area contributed by atoms with E-state index in [0.717, 1.165) is 6.42 Å². The van der Waals surface area contributed by atoms with Gasteiger partial charge in [-0.05, 0) is 31.9 Å². The summed E-state index contributed by atoms with van der Waals surface area (Å²) < 4.78 is 5.53. The van der Waals surface area contributed by atoms with Gasteiger partial charge in [0.2, 0.25) is 11.8 Å². The van der Waals surface area contributed by atoms with Gasteiger partial charge in [-0.25, -0.2) is 0 Å². The lowest BCUT2D eigenvalue weighted by molar-refractivity contribution is -0.143. The maximum atomic E-state index is 12.3. The number of piperidine rings is 1. The van der Waals surface area contributed by atoms with Gasteiger partial charge in [0.25, 0.3) is 0 Å². The van der Waals surface area contributed by atoms with Crippen molar-refractivity contribution in [2.45, 2.75) is 32.2 Å². The molecule has 0 saturated carbocycles. The number of ether oxygens (including phenoxy) is 1. The van der Waals surface area contributed by atoms with Gasteiger partial charge in [0.15, 0.2) is 0 Å². The molecule has 2 N–H and O–H groups in total. The molecule has 0 aromatic heterocycles. The molecule has 7 heteroatoms. The van der Waals surface area contributed by atoms with Crippen LogP contribution in [0.4, 0.5) is 0 Å². The van der Waals surface area contributed by atoms with Crippen molar-refractivity contribution in [3.8, 4) is 5.75 Å². The molecule has 2 amide bonds. The summed E-state index contributed by atoms with van der Waals surface area (Å²) >= 11 is 0. The Morgan fingerprint density at radius 2 is 2.04 bits per heavy atom. The van der Waals surface area contributed by atoms with E-state index in [1.54, 1.807) is 4.90 Å². The van der Waals surface area contributed by atoms with Crippen LogP contribution in [0.1, 0.15) is 26.2 Å². The van der Waals surface area contributed by atoms with Crippen molar-refractivity contribution < 1.29 is 24.2 Å². The number of carbonyl (C=O) groups is 3. The molecule has 1 aliphatic heterocycles. The zero-order chi connectivity index (χ0) is 18.2. The number of hydrogen-bond donors (Lipinski definition) is 2. The molecule has 1 aromatic carbocycles. The monoisotopic (exact) mass is 348 g/mol. The number of nitrogens with zero attached hydrogens (tertiary/aromatic N) is 1. The smallest absolute Gasteiger partial charge is 0.325 e. The fraction of sp³-hybridized carbons (Fsp3) is 0.500. The standard InChI is InChI=1S/C18H24N2O5/c1-13(18(23)24)19-17(22)14-6-5-10-20(12-14)16(21)9-11-25-15-7-3-2-4-8-15/h2-4,7-8,13-14H,5-6,9-12H2,1H3,(H,19,22)(H,23,24). The highest BCUT2D eigenvalue weighted by Gasteiger charge is 2.29. The molecule has 1 saturated heterocycles. The summed E-state index contributed by atoms with van der Waals surface area (Å²) in [5, 5.41) is 11.3. The molecular weight excluding hydrogens is 324 g/mol. The van der Waals surface area contributed by atoms with Crippen molar-refractivity contribution in [3.63, 3.8) is 0 Å². The highest BCUT2D eigenvalue weighted by Crippen LogP contribution is 2.18. The Morgan fingerprint density at radius 1 is 1.32 bits per heavy atom. The highest BCUT2D eigenvalue weighted by atomic mass is 16.5. The first kappa shape index (κ1) is 18.8. The first-order chi connectivity index (χ1) is 12.0. The van der Waals surface area contributed by atoms with Gasteiger partial charge in [-0.15, -0.1) is 0 Å². The molecule has 136 valence electrons. The average molecular weight is 348 g/mol. The lowest BCUT2D eigenvalue weighted by atomic mass is 9.96. The molecule has 0 spiro atoms. The number of hydrogen-bond acceptors (Lipinski definition) is 4. The van der Waals surface area contributed by atoms with Crippen molar-refractivity contribution in [1.29, 1.82) is 0 Å². The quantitative estimate of drug-likeness (QED) is 0.774. The van der Waals surface area contributed by atoms with Crippen molar-refractivity contribution in [3.05, 3.63) is 30.3 Å². The van der Waals surface area contributed by atoms with E-state index in [0.29, 0.717) is 25.3 Å². The summed E-state index contributed by atoms with van der Waals surface area (Å²) in [4.78, 5) is 36.9. The Labute approximate surface area is 147 Å². The summed E-state index contributed by atoms with van der Waals surface area (Å²) in [6.45, 7) is 2.64. The zero-order valence-electron chi connectivity index (χ0n) is 14.3. The number of nitrogens with one attached hydrogen (secondary N) is 1. The van der Waals surface area contributed by atoms with E-state index in [4.69, 9.17) is 9.84 Å². The van der Waals surface area contributed by atoms with Crippen LogP contribution in [0.2, 0.25) is 0 Å². The van der Waals surface area contributed by atoms with E-state index >= 15 is 0 Å². The summed E-state index contributed by atoms with van der Waals surface area (Å²) in [6, 6.07) is 8.34. The number of likely N-dealkylation sites (tertiary alicyclic amines) is 1. The van der Waals surface area contributed by atoms with Crippen LogP contribution in [-0.4, -0.2) is 53.5 Å². The zero-order valence-corrected chi connectivity index (χ0v) is 14.3. The normalized spacial score (nSPS) is 18.3. The predicted molar refractivity (Wildman–Crippen MR) is 91.1 cm³/mol. The average Bonchev–Trinajstić information content (AvgIpc) is 2.62. The fourth-order valence-electron chi connectivity index (χ4n) is 2.74. The summed E-state index contributed by atoms with van der Waals surface area (Å²) in [5.74, 6) is -1.09. The van der Waals surface area contributed by atoms with E-state index in [9.17, 15) is 14.4 Å². The Kier molecular flexibility index (Phi) is 6.80. The van der Waals surface area contributed by atoms with Gasteiger partial charge in [0.05, 0.1) is 18.9 Å². The first-order valence-corrected chi connectivity index (χ1v) is 8.46. The van der Waals surface area contributed by atoms with Crippen molar-refractivity contribution >= 4 is 17.8 Å². The molecule has 1 fully saturated rings. The van der Waals surface area contributed by atoms with Crippen LogP contribution in [0.3, 0.4) is 0 Å². The maximum absolute atomic E-state index is 12.3. The molecule has 1 aliphatic rings. The fourth-order valence-corrected chi connectivity index (χ4v) is 2.74. The predicted octanol–water partition coefficient (Wildman–Crippen LogP) is 1.28. The van der Waals surface area contributed by atoms with Gasteiger partial charge in [-0.3, -0.25) is 14.4 Å². The van der Waals surface area contributed by atoms with Crippen LogP contribution < -0.4 is 10.1 Å². The second-order valence-electron chi connectivity index (χ2n) is 6.16. The van der Waals surface area contributed by atoms with Gasteiger partial charge < -0.3 is 20.1 Å². The molecule has 25 heavy (non-hydrogen) atoms. The maximum Gasteiger partial charge on any atom is 0.325 e. The van der Waals surface area contributed by atoms with E-state index in [2.05, 4.69) is 5.32 Å². The van der Waals surface area contributed by atoms with Crippen LogP contribution in [-0.2, 0) is 14.4 Å². The largest absolute Gasteiger partial charge is 0.493 e. The number of rotatable bonds is 7. The minimum Gasteiger partial charge on any atom is -0.493 e. The van der Waals surface area contributed by atoms with Crippen molar-refractivity contribution in [2.75, 3.05) is 19.7 Å². The van der Waals surface area contributed by atoms with E-state index in [-0.39, 0.29) is 30.8 Å². The number of amides is 2. The third-order valence-electron chi connectivity index (χ3n) is 4.20. The number of carboxylic acids is 1. The Hall–Kier alpha value is -2.57. The molecule has 0 aliphatic carbocycles. The third kappa shape index (κ3) is 5.77. The molecule has 2 rings (SSSR count). The number of benzene rings is 1. The summed E-state index contributed by atoms with van der Waals surface area (Å²) in [6.07, 6.45) is 1.63. The lowest BCUT2D eigenvalue weighted by Gasteiger charge is -2.32. The van der Waals surface area contributed by atoms with E-state index < -0.39 is 12.0 Å². The van der Waals surface area contributed by atoms with Crippen molar-refractivity contribution in [1.82, 2.24) is 10.2 Å². The number of aliphatic carboxylic acids is 1. The van der Waals surface area contributed by atoms with E-state index in [1.807, 2.05) is 30.3 Å². The summed E-state index contributed by atoms with van der Waals surface area (Å²) in [5.41, 5.74) is 0. The topological polar surface area (TPSA) is 95.9 Å². The van der Waals surface area contributed by atoms with Crippen LogP contribution in [0.25, 0.3) is 0 Å². The molecule has 7 nitrogen and oxygen atoms in total. The Balaban J connectivity index is 1.78. The molecule has 0 bridgehead atoms.